The molecule has 0 spiro atoms. The molecule has 1 fully saturated rings. The Balaban J connectivity index is 2.15. The summed E-state index contributed by atoms with van der Waals surface area (Å²) in [4.78, 5) is 24.7. The Labute approximate surface area is 128 Å². The van der Waals surface area contributed by atoms with Gasteiger partial charge in [-0.1, -0.05) is 17.7 Å². The van der Waals surface area contributed by atoms with Crippen LogP contribution in [0.4, 0.5) is 5.69 Å². The third-order valence-corrected chi connectivity index (χ3v) is 4.10. The molecule has 6 nitrogen and oxygen atoms in total. The van der Waals surface area contributed by atoms with E-state index in [1.165, 1.54) is 12.1 Å². The van der Waals surface area contributed by atoms with Crippen LogP contribution in [0.5, 0.6) is 0 Å². The van der Waals surface area contributed by atoms with Crippen LogP contribution in [0.1, 0.15) is 23.2 Å². The Kier molecular flexibility index (Phi) is 5.14. The fourth-order valence-corrected chi connectivity index (χ4v) is 2.92. The zero-order valence-corrected chi connectivity index (χ0v) is 12.6. The molecule has 0 radical (unpaired) electrons. The average Bonchev–Trinajstić information content (AvgIpc) is 2.47. The lowest BCUT2D eigenvalue weighted by Crippen LogP contribution is -2.40. The minimum absolute atomic E-state index is 0.00378. The average molecular weight is 312 g/mol. The number of rotatable bonds is 4. The quantitative estimate of drug-likeness (QED) is 0.684. The molecule has 2 rings (SSSR count). The summed E-state index contributed by atoms with van der Waals surface area (Å²) in [6.07, 6.45) is 1.81. The van der Waals surface area contributed by atoms with Gasteiger partial charge in [-0.15, -0.1) is 0 Å². The third kappa shape index (κ3) is 3.51. The van der Waals surface area contributed by atoms with E-state index in [0.717, 1.165) is 19.4 Å². The van der Waals surface area contributed by atoms with E-state index in [0.29, 0.717) is 19.0 Å². The molecule has 7 heteroatoms. The number of benzene rings is 1. The molecule has 1 aromatic carbocycles. The van der Waals surface area contributed by atoms with Crippen LogP contribution in [0, 0.1) is 16.0 Å². The van der Waals surface area contributed by atoms with E-state index < -0.39 is 4.92 Å². The monoisotopic (exact) mass is 311 g/mol. The van der Waals surface area contributed by atoms with Crippen LogP contribution in [0.2, 0.25) is 5.02 Å². The predicted octanol–water partition coefficient (Wildman–Crippen LogP) is 2.32. The van der Waals surface area contributed by atoms with Gasteiger partial charge in [0.15, 0.2) is 0 Å². The van der Waals surface area contributed by atoms with Crippen molar-refractivity contribution in [1.82, 2.24) is 10.2 Å². The molecule has 0 unspecified atom stereocenters. The highest BCUT2D eigenvalue weighted by atomic mass is 35.5. The van der Waals surface area contributed by atoms with Gasteiger partial charge in [0.2, 0.25) is 0 Å². The first kappa shape index (κ1) is 15.7. The summed E-state index contributed by atoms with van der Waals surface area (Å²) in [5, 5.41) is 14.2. The van der Waals surface area contributed by atoms with Crippen LogP contribution in [-0.2, 0) is 0 Å². The number of piperidine rings is 1. The highest BCUT2D eigenvalue weighted by molar-refractivity contribution is 6.33. The van der Waals surface area contributed by atoms with Gasteiger partial charge in [0, 0.05) is 13.1 Å². The van der Waals surface area contributed by atoms with Crippen LogP contribution < -0.4 is 5.32 Å². The highest BCUT2D eigenvalue weighted by Crippen LogP contribution is 2.30. The summed E-state index contributed by atoms with van der Waals surface area (Å²) in [5.41, 5.74) is -0.235. The van der Waals surface area contributed by atoms with E-state index >= 15 is 0 Å². The van der Waals surface area contributed by atoms with Crippen LogP contribution in [0.25, 0.3) is 0 Å². The lowest BCUT2D eigenvalue weighted by atomic mass is 9.96. The molecule has 1 aliphatic rings. The molecule has 21 heavy (non-hydrogen) atoms. The van der Waals surface area contributed by atoms with Gasteiger partial charge in [-0.05, 0) is 44.5 Å². The molecular weight excluding hydrogens is 294 g/mol. The summed E-state index contributed by atoms with van der Waals surface area (Å²) in [6.45, 7) is 2.17. The Morgan fingerprint density at radius 2 is 2.14 bits per heavy atom. The minimum atomic E-state index is -0.594. The number of halogens is 1. The molecule has 1 aliphatic heterocycles. The summed E-state index contributed by atoms with van der Waals surface area (Å²) < 4.78 is 0. The van der Waals surface area contributed by atoms with Crippen molar-refractivity contribution in [2.45, 2.75) is 12.8 Å². The first-order chi connectivity index (χ1) is 10.0. The molecule has 0 bridgehead atoms. The first-order valence-electron chi connectivity index (χ1n) is 6.91. The van der Waals surface area contributed by atoms with Crippen molar-refractivity contribution in [2.24, 2.45) is 5.92 Å². The van der Waals surface area contributed by atoms with Crippen molar-refractivity contribution in [2.75, 3.05) is 26.7 Å². The second-order valence-electron chi connectivity index (χ2n) is 5.19. The van der Waals surface area contributed by atoms with Gasteiger partial charge >= 0.3 is 5.69 Å². The first-order valence-corrected chi connectivity index (χ1v) is 7.29. The zero-order chi connectivity index (χ0) is 15.4. The number of carbonyl (C=O) groups is 1. The van der Waals surface area contributed by atoms with Gasteiger partial charge in [0.25, 0.3) is 5.91 Å². The van der Waals surface area contributed by atoms with Gasteiger partial charge in [0.1, 0.15) is 10.6 Å². The number of hydrogen-bond acceptors (Lipinski definition) is 4. The molecule has 1 amide bonds. The number of nitrogens with zero attached hydrogens (tertiary/aromatic N) is 2. The van der Waals surface area contributed by atoms with Gasteiger partial charge in [-0.25, -0.2) is 0 Å². The molecule has 1 saturated heterocycles. The largest absolute Gasteiger partial charge is 0.338 e. The number of nitro groups is 1. The second kappa shape index (κ2) is 6.87. The smallest absolute Gasteiger partial charge is 0.300 e. The third-order valence-electron chi connectivity index (χ3n) is 3.79. The zero-order valence-electron chi connectivity index (χ0n) is 11.8. The number of hydrogen-bond donors (Lipinski definition) is 1. The van der Waals surface area contributed by atoms with Crippen molar-refractivity contribution >= 4 is 23.2 Å². The van der Waals surface area contributed by atoms with Gasteiger partial charge in [-0.2, -0.15) is 0 Å². The summed E-state index contributed by atoms with van der Waals surface area (Å²) in [6, 6.07) is 4.46. The maximum Gasteiger partial charge on any atom is 0.300 e. The Morgan fingerprint density at radius 3 is 2.71 bits per heavy atom. The van der Waals surface area contributed by atoms with Crippen LogP contribution in [0.3, 0.4) is 0 Å². The lowest BCUT2D eigenvalue weighted by molar-refractivity contribution is -0.385. The summed E-state index contributed by atoms with van der Waals surface area (Å²) in [5.74, 6) is 0.237. The Bertz CT molecular complexity index is 542. The topological polar surface area (TPSA) is 75.5 Å². The van der Waals surface area contributed by atoms with Crippen molar-refractivity contribution in [3.8, 4) is 0 Å². The van der Waals surface area contributed by atoms with E-state index in [2.05, 4.69) is 5.32 Å². The number of carbonyl (C=O) groups excluding carboxylic acids is 1. The van der Waals surface area contributed by atoms with E-state index in [-0.39, 0.29) is 22.2 Å². The predicted molar refractivity (Wildman–Crippen MR) is 80.7 cm³/mol. The van der Waals surface area contributed by atoms with Gasteiger partial charge in [0.05, 0.1) is 4.92 Å². The van der Waals surface area contributed by atoms with E-state index in [4.69, 9.17) is 11.6 Å². The number of amides is 1. The normalized spacial score (nSPS) is 16.0. The lowest BCUT2D eigenvalue weighted by Gasteiger charge is -2.31. The van der Waals surface area contributed by atoms with Crippen molar-refractivity contribution < 1.29 is 9.72 Å². The maximum atomic E-state index is 12.5. The summed E-state index contributed by atoms with van der Waals surface area (Å²) in [7, 11) is 1.91. The van der Waals surface area contributed by atoms with E-state index in [9.17, 15) is 14.9 Å². The van der Waals surface area contributed by atoms with Crippen LogP contribution in [0.15, 0.2) is 18.2 Å². The van der Waals surface area contributed by atoms with Crippen LogP contribution in [-0.4, -0.2) is 42.4 Å². The minimum Gasteiger partial charge on any atom is -0.338 e. The van der Waals surface area contributed by atoms with Gasteiger partial charge in [-0.3, -0.25) is 14.9 Å². The fourth-order valence-electron chi connectivity index (χ4n) is 2.67. The summed E-state index contributed by atoms with van der Waals surface area (Å²) >= 11 is 5.85. The number of likely N-dealkylation sites (tertiary alicyclic amines) is 1. The van der Waals surface area contributed by atoms with Gasteiger partial charge < -0.3 is 10.2 Å². The standard InChI is InChI=1S/C14H18ClN3O3/c1-16-9-10-5-7-17(8-6-10)14(19)11-3-2-4-12(15)13(11)18(20)21/h2-4,10,16H,5-9H2,1H3. The molecule has 0 saturated carbocycles. The molecule has 0 atom stereocenters. The Hall–Kier alpha value is -1.66. The number of nitrogens with one attached hydrogen (secondary N) is 1. The Morgan fingerprint density at radius 1 is 1.48 bits per heavy atom. The molecule has 0 aliphatic carbocycles. The fraction of sp³-hybridized carbons (Fsp3) is 0.500. The number of nitro benzene ring substituents is 1. The molecular formula is C14H18ClN3O3. The molecule has 1 heterocycles. The molecule has 114 valence electrons. The maximum absolute atomic E-state index is 12.5. The second-order valence-corrected chi connectivity index (χ2v) is 5.59. The van der Waals surface area contributed by atoms with Crippen LogP contribution >= 0.6 is 11.6 Å². The van der Waals surface area contributed by atoms with Crippen molar-refractivity contribution in [3.05, 3.63) is 38.9 Å². The molecule has 1 aromatic rings. The van der Waals surface area contributed by atoms with Crippen molar-refractivity contribution in [3.63, 3.8) is 0 Å². The number of para-hydroxylation sites is 1. The van der Waals surface area contributed by atoms with E-state index in [1.54, 1.807) is 11.0 Å². The highest BCUT2D eigenvalue weighted by Gasteiger charge is 2.29. The van der Waals surface area contributed by atoms with Crippen molar-refractivity contribution in [1.29, 1.82) is 0 Å². The molecule has 0 aromatic heterocycles. The molecule has 1 N–H and O–H groups in total. The SMILES string of the molecule is CNCC1CCN(C(=O)c2cccc(Cl)c2[N+](=O)[O-])CC1. The van der Waals surface area contributed by atoms with E-state index in [1.807, 2.05) is 7.05 Å².